The number of carboxylic acids is 1. The first-order valence-corrected chi connectivity index (χ1v) is 5.11. The van der Waals surface area contributed by atoms with Crippen molar-refractivity contribution in [3.8, 4) is 0 Å². The van der Waals surface area contributed by atoms with E-state index in [9.17, 15) is 14.4 Å². The van der Waals surface area contributed by atoms with Crippen LogP contribution in [0.5, 0.6) is 0 Å². The van der Waals surface area contributed by atoms with Gasteiger partial charge in [-0.3, -0.25) is 19.3 Å². The number of nitrogens with zero attached hydrogens (tertiary/aromatic N) is 1. The fourth-order valence-corrected chi connectivity index (χ4v) is 2.12. The molecule has 0 saturated heterocycles. The molecule has 0 atom stereocenters. The maximum Gasteiger partial charge on any atom is 0.323 e. The lowest BCUT2D eigenvalue weighted by Crippen LogP contribution is -2.34. The lowest BCUT2D eigenvalue weighted by molar-refractivity contribution is -0.136. The molecule has 0 aliphatic carbocycles. The summed E-state index contributed by atoms with van der Waals surface area (Å²) < 4.78 is 0. The van der Waals surface area contributed by atoms with Crippen molar-refractivity contribution in [3.63, 3.8) is 0 Å². The molecule has 0 fully saturated rings. The Morgan fingerprint density at radius 1 is 1.29 bits per heavy atom. The fourth-order valence-electron chi connectivity index (χ4n) is 2.12. The van der Waals surface area contributed by atoms with Crippen LogP contribution in [0.2, 0.25) is 0 Å². The second-order valence-electron chi connectivity index (χ2n) is 4.09. The third-order valence-electron chi connectivity index (χ3n) is 2.69. The van der Waals surface area contributed by atoms with Crippen LogP contribution in [0.15, 0.2) is 12.1 Å². The first kappa shape index (κ1) is 11.3. The predicted molar refractivity (Wildman–Crippen MR) is 60.2 cm³/mol. The van der Waals surface area contributed by atoms with Crippen LogP contribution in [0, 0.1) is 13.8 Å². The number of Topliss-reactive ketones (excluding diaryl/α,β-unsaturated/α-hetero) is 1. The largest absolute Gasteiger partial charge is 0.480 e. The third-order valence-corrected chi connectivity index (χ3v) is 2.69. The SMILES string of the molecule is Cc1cc(C)c2c(c1)C(=O)C(=O)N2CC(=O)O. The maximum atomic E-state index is 11.7. The molecule has 88 valence electrons. The van der Waals surface area contributed by atoms with Gasteiger partial charge < -0.3 is 5.11 Å². The third kappa shape index (κ3) is 1.69. The molecule has 0 radical (unpaired) electrons. The van der Waals surface area contributed by atoms with Gasteiger partial charge in [0.2, 0.25) is 0 Å². The van der Waals surface area contributed by atoms with Crippen molar-refractivity contribution in [3.05, 3.63) is 28.8 Å². The minimum absolute atomic E-state index is 0.300. The smallest absolute Gasteiger partial charge is 0.323 e. The van der Waals surface area contributed by atoms with Gasteiger partial charge in [0, 0.05) is 0 Å². The number of aliphatic carboxylic acids is 1. The van der Waals surface area contributed by atoms with Crippen molar-refractivity contribution in [2.24, 2.45) is 0 Å². The van der Waals surface area contributed by atoms with Gasteiger partial charge in [0.15, 0.2) is 0 Å². The summed E-state index contributed by atoms with van der Waals surface area (Å²) in [5.74, 6) is -2.54. The number of ketones is 1. The molecule has 0 aromatic heterocycles. The van der Waals surface area contributed by atoms with E-state index in [1.165, 1.54) is 0 Å². The molecule has 1 amide bonds. The highest BCUT2D eigenvalue weighted by molar-refractivity contribution is 6.52. The molecule has 5 heteroatoms. The molecule has 1 aromatic carbocycles. The average Bonchev–Trinajstić information content (AvgIpc) is 2.43. The number of anilines is 1. The van der Waals surface area contributed by atoms with Crippen molar-refractivity contribution < 1.29 is 19.5 Å². The lowest BCUT2D eigenvalue weighted by atomic mass is 10.0. The molecule has 1 heterocycles. The predicted octanol–water partition coefficient (Wildman–Crippen LogP) is 0.917. The number of fused-ring (bicyclic) bond motifs is 1. The van der Waals surface area contributed by atoms with Gasteiger partial charge in [0.25, 0.3) is 11.7 Å². The zero-order chi connectivity index (χ0) is 12.7. The molecular formula is C12H11NO4. The molecular weight excluding hydrogens is 222 g/mol. The highest BCUT2D eigenvalue weighted by Crippen LogP contribution is 2.33. The van der Waals surface area contributed by atoms with Crippen LogP contribution < -0.4 is 4.90 Å². The Hall–Kier alpha value is -2.17. The quantitative estimate of drug-likeness (QED) is 0.770. The van der Waals surface area contributed by atoms with Gasteiger partial charge in [0.05, 0.1) is 11.3 Å². The van der Waals surface area contributed by atoms with Crippen molar-refractivity contribution in [2.45, 2.75) is 13.8 Å². The van der Waals surface area contributed by atoms with E-state index in [-0.39, 0.29) is 0 Å². The zero-order valence-electron chi connectivity index (χ0n) is 9.48. The molecule has 1 aliphatic heterocycles. The maximum absolute atomic E-state index is 11.7. The van der Waals surface area contributed by atoms with Gasteiger partial charge in [-0.2, -0.15) is 0 Å². The van der Waals surface area contributed by atoms with E-state index < -0.39 is 24.2 Å². The number of aryl methyl sites for hydroxylation is 2. The van der Waals surface area contributed by atoms with Gasteiger partial charge in [-0.25, -0.2) is 0 Å². The summed E-state index contributed by atoms with van der Waals surface area (Å²) in [5.41, 5.74) is 2.33. The Balaban J connectivity index is 2.60. The summed E-state index contributed by atoms with van der Waals surface area (Å²) in [6.07, 6.45) is 0. The summed E-state index contributed by atoms with van der Waals surface area (Å²) in [6.45, 7) is 3.10. The zero-order valence-corrected chi connectivity index (χ0v) is 9.48. The highest BCUT2D eigenvalue weighted by atomic mass is 16.4. The first-order chi connectivity index (χ1) is 7.91. The summed E-state index contributed by atoms with van der Waals surface area (Å²) in [4.78, 5) is 35.1. The number of carbonyl (C=O) groups excluding carboxylic acids is 2. The van der Waals surface area contributed by atoms with Gasteiger partial charge in [-0.05, 0) is 31.0 Å². The van der Waals surface area contributed by atoms with Crippen molar-refractivity contribution in [2.75, 3.05) is 11.4 Å². The molecule has 1 aliphatic rings. The molecule has 0 bridgehead atoms. The lowest BCUT2D eigenvalue weighted by Gasteiger charge is -2.16. The number of hydrogen-bond donors (Lipinski definition) is 1. The standard InChI is InChI=1S/C12H11NO4/c1-6-3-7(2)10-8(4-6)11(16)12(17)13(10)5-9(14)15/h3-4H,5H2,1-2H3,(H,14,15). The normalized spacial score (nSPS) is 14.1. The summed E-state index contributed by atoms with van der Waals surface area (Å²) in [7, 11) is 0. The molecule has 17 heavy (non-hydrogen) atoms. The van der Waals surface area contributed by atoms with E-state index in [0.29, 0.717) is 11.3 Å². The summed E-state index contributed by atoms with van der Waals surface area (Å²) in [5, 5.41) is 8.74. The number of amides is 1. The number of benzene rings is 1. The van der Waals surface area contributed by atoms with Crippen LogP contribution >= 0.6 is 0 Å². The van der Waals surface area contributed by atoms with Gasteiger partial charge in [-0.1, -0.05) is 6.07 Å². The van der Waals surface area contributed by atoms with Crippen molar-refractivity contribution in [1.82, 2.24) is 0 Å². The van der Waals surface area contributed by atoms with Crippen molar-refractivity contribution in [1.29, 1.82) is 0 Å². The van der Waals surface area contributed by atoms with Crippen LogP contribution in [0.3, 0.4) is 0 Å². The van der Waals surface area contributed by atoms with Crippen LogP contribution in [0.1, 0.15) is 21.5 Å². The second-order valence-corrected chi connectivity index (χ2v) is 4.09. The number of hydrogen-bond acceptors (Lipinski definition) is 3. The minimum Gasteiger partial charge on any atom is -0.480 e. The Labute approximate surface area is 97.7 Å². The van der Waals surface area contributed by atoms with Gasteiger partial charge in [-0.15, -0.1) is 0 Å². The van der Waals surface area contributed by atoms with E-state index in [0.717, 1.165) is 16.0 Å². The van der Waals surface area contributed by atoms with E-state index in [2.05, 4.69) is 0 Å². The number of rotatable bonds is 2. The van der Waals surface area contributed by atoms with Crippen LogP contribution in [-0.4, -0.2) is 29.3 Å². The van der Waals surface area contributed by atoms with Crippen LogP contribution in [0.25, 0.3) is 0 Å². The molecule has 0 saturated carbocycles. The Bertz CT molecular complexity index is 548. The Morgan fingerprint density at radius 2 is 1.94 bits per heavy atom. The van der Waals surface area contributed by atoms with Crippen molar-refractivity contribution >= 4 is 23.3 Å². The van der Waals surface area contributed by atoms with Gasteiger partial charge in [0.1, 0.15) is 6.54 Å². The second kappa shape index (κ2) is 3.69. The molecule has 0 unspecified atom stereocenters. The monoisotopic (exact) mass is 233 g/mol. The first-order valence-electron chi connectivity index (χ1n) is 5.11. The number of carbonyl (C=O) groups is 3. The van der Waals surface area contributed by atoms with E-state index in [4.69, 9.17) is 5.11 Å². The summed E-state index contributed by atoms with van der Waals surface area (Å²) in [6, 6.07) is 3.43. The summed E-state index contributed by atoms with van der Waals surface area (Å²) >= 11 is 0. The van der Waals surface area contributed by atoms with E-state index in [1.54, 1.807) is 13.0 Å². The minimum atomic E-state index is -1.14. The molecule has 1 N–H and O–H groups in total. The average molecular weight is 233 g/mol. The molecule has 1 aromatic rings. The fraction of sp³-hybridized carbons (Fsp3) is 0.250. The van der Waals surface area contributed by atoms with E-state index in [1.807, 2.05) is 13.0 Å². The highest BCUT2D eigenvalue weighted by Gasteiger charge is 2.37. The Morgan fingerprint density at radius 3 is 2.53 bits per heavy atom. The number of carboxylic acid groups (broad SMARTS) is 1. The topological polar surface area (TPSA) is 74.7 Å². The van der Waals surface area contributed by atoms with E-state index >= 15 is 0 Å². The molecule has 5 nitrogen and oxygen atoms in total. The van der Waals surface area contributed by atoms with Gasteiger partial charge >= 0.3 is 5.97 Å². The van der Waals surface area contributed by atoms with Crippen LogP contribution in [0.4, 0.5) is 5.69 Å². The Kier molecular flexibility index (Phi) is 2.46. The molecule has 0 spiro atoms. The molecule has 2 rings (SSSR count). The van der Waals surface area contributed by atoms with Crippen LogP contribution in [-0.2, 0) is 9.59 Å².